The fraction of sp³-hybridized carbons (Fsp3) is 0.429. The van der Waals surface area contributed by atoms with Crippen molar-refractivity contribution in [3.8, 4) is 0 Å². The number of esters is 1. The fourth-order valence-electron chi connectivity index (χ4n) is 2.37. The molecule has 0 aliphatic carbocycles. The van der Waals surface area contributed by atoms with Crippen LogP contribution >= 0.6 is 0 Å². The van der Waals surface area contributed by atoms with E-state index in [1.54, 1.807) is 17.0 Å². The molecule has 1 aliphatic heterocycles. The minimum absolute atomic E-state index is 0.00173. The maximum absolute atomic E-state index is 12.1. The van der Waals surface area contributed by atoms with Gasteiger partial charge in [-0.2, -0.15) is 0 Å². The van der Waals surface area contributed by atoms with Gasteiger partial charge < -0.3 is 9.64 Å². The Morgan fingerprint density at radius 2 is 2.05 bits per heavy atom. The van der Waals surface area contributed by atoms with E-state index in [9.17, 15) is 19.7 Å². The SMILES string of the molecule is COC(=O)C1CCN(C(=O)Cc2ccc([N+](=O)[O-])cc2)C1. The Morgan fingerprint density at radius 3 is 2.62 bits per heavy atom. The summed E-state index contributed by atoms with van der Waals surface area (Å²) in [7, 11) is 1.34. The molecule has 1 atom stereocenters. The van der Waals surface area contributed by atoms with Crippen LogP contribution < -0.4 is 0 Å². The van der Waals surface area contributed by atoms with E-state index in [1.807, 2.05) is 0 Å². The lowest BCUT2D eigenvalue weighted by atomic mass is 10.1. The molecule has 0 spiro atoms. The molecule has 1 unspecified atom stereocenters. The molecule has 0 radical (unpaired) electrons. The maximum atomic E-state index is 12.1. The van der Waals surface area contributed by atoms with E-state index < -0.39 is 4.92 Å². The highest BCUT2D eigenvalue weighted by Crippen LogP contribution is 2.19. The first-order valence-electron chi connectivity index (χ1n) is 6.60. The lowest BCUT2D eigenvalue weighted by molar-refractivity contribution is -0.384. The second-order valence-electron chi connectivity index (χ2n) is 4.95. The number of amides is 1. The van der Waals surface area contributed by atoms with Crippen molar-refractivity contribution in [2.24, 2.45) is 5.92 Å². The van der Waals surface area contributed by atoms with Gasteiger partial charge in [-0.15, -0.1) is 0 Å². The average molecular weight is 292 g/mol. The Hall–Kier alpha value is -2.44. The lowest BCUT2D eigenvalue weighted by Crippen LogP contribution is -2.31. The highest BCUT2D eigenvalue weighted by atomic mass is 16.6. The van der Waals surface area contributed by atoms with Gasteiger partial charge in [-0.25, -0.2) is 0 Å². The first-order valence-corrected chi connectivity index (χ1v) is 6.60. The van der Waals surface area contributed by atoms with Crippen LogP contribution in [0.1, 0.15) is 12.0 Å². The molecule has 1 aliphatic rings. The topological polar surface area (TPSA) is 89.8 Å². The van der Waals surface area contributed by atoms with Crippen LogP contribution in [0.25, 0.3) is 0 Å². The second-order valence-corrected chi connectivity index (χ2v) is 4.95. The molecule has 2 rings (SSSR count). The number of nitrogens with zero attached hydrogens (tertiary/aromatic N) is 2. The third kappa shape index (κ3) is 3.56. The fourth-order valence-corrected chi connectivity index (χ4v) is 2.37. The standard InChI is InChI=1S/C14H16N2O5/c1-21-14(18)11-6-7-15(9-11)13(17)8-10-2-4-12(5-3-10)16(19)20/h2-5,11H,6-9H2,1H3. The van der Waals surface area contributed by atoms with Crippen molar-refractivity contribution in [1.82, 2.24) is 4.90 Å². The zero-order valence-electron chi connectivity index (χ0n) is 11.7. The monoisotopic (exact) mass is 292 g/mol. The van der Waals surface area contributed by atoms with Gasteiger partial charge in [0.05, 0.1) is 24.4 Å². The van der Waals surface area contributed by atoms with E-state index >= 15 is 0 Å². The number of carbonyl (C=O) groups excluding carboxylic acids is 2. The van der Waals surface area contributed by atoms with Crippen LogP contribution in [0.4, 0.5) is 5.69 Å². The molecule has 0 N–H and O–H groups in total. The van der Waals surface area contributed by atoms with Crippen LogP contribution in [-0.2, 0) is 20.7 Å². The van der Waals surface area contributed by atoms with Crippen molar-refractivity contribution in [2.75, 3.05) is 20.2 Å². The van der Waals surface area contributed by atoms with Crippen molar-refractivity contribution in [1.29, 1.82) is 0 Å². The van der Waals surface area contributed by atoms with Gasteiger partial charge in [-0.3, -0.25) is 19.7 Å². The maximum Gasteiger partial charge on any atom is 0.310 e. The molecular weight excluding hydrogens is 276 g/mol. The molecular formula is C14H16N2O5. The Kier molecular flexibility index (Phi) is 4.52. The molecule has 7 nitrogen and oxygen atoms in total. The van der Waals surface area contributed by atoms with Crippen LogP contribution in [0.2, 0.25) is 0 Å². The van der Waals surface area contributed by atoms with Gasteiger partial charge in [-0.1, -0.05) is 12.1 Å². The number of methoxy groups -OCH3 is 1. The van der Waals surface area contributed by atoms with E-state index in [2.05, 4.69) is 4.74 Å². The molecule has 1 aromatic carbocycles. The quantitative estimate of drug-likeness (QED) is 0.472. The van der Waals surface area contributed by atoms with Crippen molar-refractivity contribution in [3.05, 3.63) is 39.9 Å². The Labute approximate surface area is 121 Å². The van der Waals surface area contributed by atoms with Crippen molar-refractivity contribution < 1.29 is 19.2 Å². The molecule has 21 heavy (non-hydrogen) atoms. The van der Waals surface area contributed by atoms with Crippen LogP contribution in [0.3, 0.4) is 0 Å². The van der Waals surface area contributed by atoms with Gasteiger partial charge in [0, 0.05) is 25.2 Å². The van der Waals surface area contributed by atoms with Crippen LogP contribution in [0.5, 0.6) is 0 Å². The smallest absolute Gasteiger partial charge is 0.310 e. The highest BCUT2D eigenvalue weighted by molar-refractivity contribution is 5.81. The van der Waals surface area contributed by atoms with Gasteiger partial charge in [0.15, 0.2) is 0 Å². The zero-order chi connectivity index (χ0) is 15.4. The average Bonchev–Trinajstić information content (AvgIpc) is 2.97. The van der Waals surface area contributed by atoms with E-state index in [4.69, 9.17) is 0 Å². The number of hydrogen-bond acceptors (Lipinski definition) is 5. The number of ether oxygens (including phenoxy) is 1. The molecule has 0 saturated carbocycles. The van der Waals surface area contributed by atoms with Crippen molar-refractivity contribution >= 4 is 17.6 Å². The molecule has 0 bridgehead atoms. The Bertz CT molecular complexity index is 555. The Balaban J connectivity index is 1.93. The van der Waals surface area contributed by atoms with Gasteiger partial charge >= 0.3 is 5.97 Å². The molecule has 1 amide bonds. The predicted molar refractivity (Wildman–Crippen MR) is 73.5 cm³/mol. The molecule has 1 fully saturated rings. The normalized spacial score (nSPS) is 17.6. The summed E-state index contributed by atoms with van der Waals surface area (Å²) in [6.45, 7) is 0.907. The highest BCUT2D eigenvalue weighted by Gasteiger charge is 2.31. The Morgan fingerprint density at radius 1 is 1.38 bits per heavy atom. The number of nitro groups is 1. The summed E-state index contributed by atoms with van der Waals surface area (Å²) in [5.41, 5.74) is 0.713. The third-order valence-corrected chi connectivity index (χ3v) is 3.58. The van der Waals surface area contributed by atoms with E-state index in [-0.39, 0.29) is 29.9 Å². The van der Waals surface area contributed by atoms with E-state index in [0.29, 0.717) is 25.1 Å². The summed E-state index contributed by atoms with van der Waals surface area (Å²) in [6.07, 6.45) is 0.782. The van der Waals surface area contributed by atoms with Gasteiger partial charge in [0.25, 0.3) is 5.69 Å². The molecule has 1 aromatic rings. The summed E-state index contributed by atoms with van der Waals surface area (Å²) in [6, 6.07) is 5.90. The number of nitro benzene ring substituents is 1. The van der Waals surface area contributed by atoms with Crippen molar-refractivity contribution in [2.45, 2.75) is 12.8 Å². The lowest BCUT2D eigenvalue weighted by Gasteiger charge is -2.16. The van der Waals surface area contributed by atoms with Crippen LogP contribution in [0, 0.1) is 16.0 Å². The third-order valence-electron chi connectivity index (χ3n) is 3.58. The number of carbonyl (C=O) groups is 2. The minimum atomic E-state index is -0.479. The van der Waals surface area contributed by atoms with E-state index in [0.717, 1.165) is 0 Å². The van der Waals surface area contributed by atoms with Gasteiger partial charge in [0.1, 0.15) is 0 Å². The summed E-state index contributed by atoms with van der Waals surface area (Å²) in [5.74, 6) is -0.633. The zero-order valence-corrected chi connectivity index (χ0v) is 11.7. The molecule has 1 saturated heterocycles. The number of hydrogen-bond donors (Lipinski definition) is 0. The van der Waals surface area contributed by atoms with Crippen LogP contribution in [-0.4, -0.2) is 41.9 Å². The number of likely N-dealkylation sites (tertiary alicyclic amines) is 1. The first-order chi connectivity index (χ1) is 10.0. The number of non-ortho nitro benzene ring substituents is 1. The summed E-state index contributed by atoms with van der Waals surface area (Å²) >= 11 is 0. The molecule has 7 heteroatoms. The van der Waals surface area contributed by atoms with Gasteiger partial charge in [0.2, 0.25) is 5.91 Å². The summed E-state index contributed by atoms with van der Waals surface area (Å²) in [4.78, 5) is 35.3. The molecule has 112 valence electrons. The number of benzene rings is 1. The summed E-state index contributed by atoms with van der Waals surface area (Å²) in [5, 5.41) is 10.6. The first kappa shape index (κ1) is 15.0. The second kappa shape index (κ2) is 6.34. The van der Waals surface area contributed by atoms with Gasteiger partial charge in [-0.05, 0) is 12.0 Å². The predicted octanol–water partition coefficient (Wildman–Crippen LogP) is 1.16. The molecule has 1 heterocycles. The number of rotatable bonds is 4. The van der Waals surface area contributed by atoms with Crippen molar-refractivity contribution in [3.63, 3.8) is 0 Å². The minimum Gasteiger partial charge on any atom is -0.469 e. The van der Waals surface area contributed by atoms with E-state index in [1.165, 1.54) is 19.2 Å². The molecule has 0 aromatic heterocycles. The summed E-state index contributed by atoms with van der Waals surface area (Å²) < 4.78 is 4.68. The largest absolute Gasteiger partial charge is 0.469 e. The van der Waals surface area contributed by atoms with Crippen LogP contribution in [0.15, 0.2) is 24.3 Å².